The van der Waals surface area contributed by atoms with Crippen LogP contribution in [0.1, 0.15) is 28.9 Å². The number of pyridine rings is 1. The third-order valence-corrected chi connectivity index (χ3v) is 4.00. The van der Waals surface area contributed by atoms with Crippen LogP contribution in [0.4, 0.5) is 0 Å². The van der Waals surface area contributed by atoms with Gasteiger partial charge in [0.05, 0.1) is 11.1 Å². The maximum Gasteiger partial charge on any atom is 0.256 e. The molecular formula is C16H19N3O. The molecule has 2 aromatic rings. The fourth-order valence-electron chi connectivity index (χ4n) is 2.92. The molecule has 1 amide bonds. The molecule has 1 atom stereocenters. The average Bonchev–Trinajstić information content (AvgIpc) is 2.94. The normalized spacial score (nSPS) is 18.7. The molecule has 1 aliphatic heterocycles. The fourth-order valence-corrected chi connectivity index (χ4v) is 2.92. The van der Waals surface area contributed by atoms with Gasteiger partial charge in [0.15, 0.2) is 0 Å². The summed E-state index contributed by atoms with van der Waals surface area (Å²) in [6.45, 7) is 3.27. The number of nitrogens with zero attached hydrogens (tertiary/aromatic N) is 2. The highest BCUT2D eigenvalue weighted by Gasteiger charge is 2.29. The van der Waals surface area contributed by atoms with Crippen molar-refractivity contribution in [1.82, 2.24) is 9.88 Å². The molecule has 104 valence electrons. The van der Waals surface area contributed by atoms with Crippen molar-refractivity contribution in [3.8, 4) is 0 Å². The number of aryl methyl sites for hydroxylation is 1. The average molecular weight is 269 g/mol. The molecule has 0 saturated carbocycles. The molecule has 0 radical (unpaired) electrons. The van der Waals surface area contributed by atoms with Gasteiger partial charge in [0, 0.05) is 30.2 Å². The second-order valence-electron chi connectivity index (χ2n) is 5.36. The number of benzene rings is 1. The molecule has 4 heteroatoms. The number of carbonyl (C=O) groups excluding carboxylic acids is 1. The van der Waals surface area contributed by atoms with Crippen LogP contribution < -0.4 is 5.73 Å². The predicted molar refractivity (Wildman–Crippen MR) is 79.6 cm³/mol. The Morgan fingerprint density at radius 2 is 2.25 bits per heavy atom. The smallest absolute Gasteiger partial charge is 0.256 e. The number of amides is 1. The summed E-state index contributed by atoms with van der Waals surface area (Å²) in [4.78, 5) is 19.2. The highest BCUT2D eigenvalue weighted by Crippen LogP contribution is 2.23. The van der Waals surface area contributed by atoms with Crippen LogP contribution in [-0.4, -0.2) is 34.9 Å². The summed E-state index contributed by atoms with van der Waals surface area (Å²) in [5.41, 5.74) is 8.17. The van der Waals surface area contributed by atoms with Crippen molar-refractivity contribution in [2.24, 2.45) is 5.73 Å². The number of likely N-dealkylation sites (tertiary alicyclic amines) is 1. The van der Waals surface area contributed by atoms with E-state index >= 15 is 0 Å². The number of rotatable bonds is 2. The Morgan fingerprint density at radius 1 is 1.40 bits per heavy atom. The van der Waals surface area contributed by atoms with Gasteiger partial charge in [0.2, 0.25) is 0 Å². The number of fused-ring (bicyclic) bond motifs is 1. The van der Waals surface area contributed by atoms with E-state index in [1.807, 2.05) is 42.2 Å². The van der Waals surface area contributed by atoms with E-state index in [1.165, 1.54) is 0 Å². The summed E-state index contributed by atoms with van der Waals surface area (Å²) >= 11 is 0. The maximum atomic E-state index is 12.8. The van der Waals surface area contributed by atoms with Gasteiger partial charge in [0.1, 0.15) is 0 Å². The molecule has 1 fully saturated rings. The molecule has 0 aliphatic carbocycles. The van der Waals surface area contributed by atoms with Crippen molar-refractivity contribution in [2.45, 2.75) is 25.8 Å². The lowest BCUT2D eigenvalue weighted by atomic mass is 10.1. The second kappa shape index (κ2) is 5.21. The van der Waals surface area contributed by atoms with Crippen molar-refractivity contribution in [3.05, 3.63) is 41.6 Å². The molecule has 1 aromatic heterocycles. The SMILES string of the molecule is Cc1ccc2cccc(C(=O)N3CCCC3CN)c2n1. The van der Waals surface area contributed by atoms with Crippen LogP contribution in [0.15, 0.2) is 30.3 Å². The fraction of sp³-hybridized carbons (Fsp3) is 0.375. The van der Waals surface area contributed by atoms with E-state index in [4.69, 9.17) is 5.73 Å². The molecule has 3 rings (SSSR count). The zero-order chi connectivity index (χ0) is 14.1. The minimum atomic E-state index is 0.0571. The number of carbonyl (C=O) groups is 1. The van der Waals surface area contributed by atoms with Gasteiger partial charge in [0.25, 0.3) is 5.91 Å². The Labute approximate surface area is 118 Å². The standard InChI is InChI=1S/C16H19N3O/c1-11-7-8-12-4-2-6-14(15(12)18-11)16(20)19-9-3-5-13(19)10-17/h2,4,6-8,13H,3,5,9-10,17H2,1H3. The third kappa shape index (κ3) is 2.16. The largest absolute Gasteiger partial charge is 0.334 e. The summed E-state index contributed by atoms with van der Waals surface area (Å²) in [5.74, 6) is 0.0571. The summed E-state index contributed by atoms with van der Waals surface area (Å²) in [7, 11) is 0. The second-order valence-corrected chi connectivity index (χ2v) is 5.36. The first-order valence-corrected chi connectivity index (χ1v) is 7.08. The highest BCUT2D eigenvalue weighted by molar-refractivity contribution is 6.05. The summed E-state index contributed by atoms with van der Waals surface area (Å²) < 4.78 is 0. The monoisotopic (exact) mass is 269 g/mol. The molecule has 2 heterocycles. The quantitative estimate of drug-likeness (QED) is 0.908. The van der Waals surface area contributed by atoms with Crippen LogP contribution >= 0.6 is 0 Å². The zero-order valence-corrected chi connectivity index (χ0v) is 11.7. The minimum absolute atomic E-state index is 0.0571. The summed E-state index contributed by atoms with van der Waals surface area (Å²) in [5, 5.41) is 1.00. The molecule has 4 nitrogen and oxygen atoms in total. The van der Waals surface area contributed by atoms with E-state index < -0.39 is 0 Å². The third-order valence-electron chi connectivity index (χ3n) is 4.00. The van der Waals surface area contributed by atoms with Crippen LogP contribution in [-0.2, 0) is 0 Å². The zero-order valence-electron chi connectivity index (χ0n) is 11.7. The number of hydrogen-bond acceptors (Lipinski definition) is 3. The number of nitrogens with two attached hydrogens (primary N) is 1. The Kier molecular flexibility index (Phi) is 3.40. The van der Waals surface area contributed by atoms with Gasteiger partial charge >= 0.3 is 0 Å². The van der Waals surface area contributed by atoms with E-state index in [-0.39, 0.29) is 11.9 Å². The van der Waals surface area contributed by atoms with E-state index in [1.54, 1.807) is 0 Å². The highest BCUT2D eigenvalue weighted by atomic mass is 16.2. The van der Waals surface area contributed by atoms with E-state index in [0.717, 1.165) is 36.0 Å². The maximum absolute atomic E-state index is 12.8. The molecule has 2 N–H and O–H groups in total. The number of para-hydroxylation sites is 1. The molecule has 1 unspecified atom stereocenters. The molecular weight excluding hydrogens is 250 g/mol. The topological polar surface area (TPSA) is 59.2 Å². The van der Waals surface area contributed by atoms with Gasteiger partial charge in [-0.15, -0.1) is 0 Å². The molecule has 0 spiro atoms. The van der Waals surface area contributed by atoms with E-state index in [9.17, 15) is 4.79 Å². The molecule has 1 aromatic carbocycles. The first-order chi connectivity index (χ1) is 9.70. The Hall–Kier alpha value is -1.94. The van der Waals surface area contributed by atoms with Crippen molar-refractivity contribution < 1.29 is 4.79 Å². The van der Waals surface area contributed by atoms with Gasteiger partial charge < -0.3 is 10.6 Å². The molecule has 20 heavy (non-hydrogen) atoms. The lowest BCUT2D eigenvalue weighted by molar-refractivity contribution is 0.0743. The van der Waals surface area contributed by atoms with Crippen LogP contribution in [0.25, 0.3) is 10.9 Å². The lowest BCUT2D eigenvalue weighted by Crippen LogP contribution is -2.40. The Balaban J connectivity index is 2.05. The van der Waals surface area contributed by atoms with Gasteiger partial charge in [-0.2, -0.15) is 0 Å². The Bertz CT molecular complexity index is 653. The first-order valence-electron chi connectivity index (χ1n) is 7.08. The number of hydrogen-bond donors (Lipinski definition) is 1. The Morgan fingerprint density at radius 3 is 3.05 bits per heavy atom. The summed E-state index contributed by atoms with van der Waals surface area (Å²) in [6, 6.07) is 9.92. The number of aromatic nitrogens is 1. The predicted octanol–water partition coefficient (Wildman–Crippen LogP) is 2.11. The van der Waals surface area contributed by atoms with Crippen LogP contribution in [0.5, 0.6) is 0 Å². The molecule has 1 aliphatic rings. The van der Waals surface area contributed by atoms with Crippen molar-refractivity contribution >= 4 is 16.8 Å². The molecule has 0 bridgehead atoms. The lowest BCUT2D eigenvalue weighted by Gasteiger charge is -2.24. The minimum Gasteiger partial charge on any atom is -0.334 e. The van der Waals surface area contributed by atoms with Gasteiger partial charge in [-0.3, -0.25) is 9.78 Å². The van der Waals surface area contributed by atoms with Crippen LogP contribution in [0.2, 0.25) is 0 Å². The van der Waals surface area contributed by atoms with Crippen molar-refractivity contribution in [3.63, 3.8) is 0 Å². The van der Waals surface area contributed by atoms with Crippen LogP contribution in [0, 0.1) is 6.92 Å². The molecule has 1 saturated heterocycles. The van der Waals surface area contributed by atoms with E-state index in [0.29, 0.717) is 12.1 Å². The van der Waals surface area contributed by atoms with Gasteiger partial charge in [-0.1, -0.05) is 18.2 Å². The first kappa shape index (κ1) is 13.1. The van der Waals surface area contributed by atoms with Crippen molar-refractivity contribution in [1.29, 1.82) is 0 Å². The van der Waals surface area contributed by atoms with Crippen molar-refractivity contribution in [2.75, 3.05) is 13.1 Å². The van der Waals surface area contributed by atoms with Gasteiger partial charge in [-0.05, 0) is 31.9 Å². The summed E-state index contributed by atoms with van der Waals surface area (Å²) in [6.07, 6.45) is 2.03. The van der Waals surface area contributed by atoms with E-state index in [2.05, 4.69) is 4.98 Å². The van der Waals surface area contributed by atoms with Crippen LogP contribution in [0.3, 0.4) is 0 Å². The van der Waals surface area contributed by atoms with Gasteiger partial charge in [-0.25, -0.2) is 0 Å².